The first kappa shape index (κ1) is 15.7. The molecule has 0 saturated heterocycles. The predicted octanol–water partition coefficient (Wildman–Crippen LogP) is 4.05. The fraction of sp³-hybridized carbons (Fsp3) is 0.571. The van der Waals surface area contributed by atoms with E-state index in [9.17, 15) is 0 Å². The van der Waals surface area contributed by atoms with Gasteiger partial charge in [-0.1, -0.05) is 0 Å². The Labute approximate surface area is 120 Å². The normalized spacial score (nSPS) is 15.5. The van der Waals surface area contributed by atoms with Crippen molar-refractivity contribution in [2.24, 2.45) is 0 Å². The number of hydrogen-bond donors (Lipinski definition) is 0. The second-order valence-corrected chi connectivity index (χ2v) is 21.4. The second kappa shape index (κ2) is 6.74. The van der Waals surface area contributed by atoms with Gasteiger partial charge in [0.1, 0.15) is 0 Å². The molecule has 0 nitrogen and oxygen atoms in total. The van der Waals surface area contributed by atoms with Crippen LogP contribution in [0.15, 0.2) is 30.3 Å². The summed E-state index contributed by atoms with van der Waals surface area (Å²) >= 11 is 4.37. The Morgan fingerprint density at radius 3 is 2.24 bits per heavy atom. The Morgan fingerprint density at radius 1 is 1.18 bits per heavy atom. The van der Waals surface area contributed by atoms with E-state index in [1.54, 1.807) is 5.30 Å². The third kappa shape index (κ3) is 4.09. The molecular formula is C14H23PSe2. The summed E-state index contributed by atoms with van der Waals surface area (Å²) in [5.41, 5.74) is 0. The molecule has 1 rings (SSSR count). The Morgan fingerprint density at radius 2 is 1.76 bits per heavy atom. The van der Waals surface area contributed by atoms with Crippen molar-refractivity contribution in [2.45, 2.75) is 51.0 Å². The van der Waals surface area contributed by atoms with Crippen molar-refractivity contribution in [3.05, 3.63) is 30.3 Å². The molecule has 1 atom stereocenters. The van der Waals surface area contributed by atoms with Gasteiger partial charge in [0.2, 0.25) is 0 Å². The van der Waals surface area contributed by atoms with Crippen molar-refractivity contribution in [1.29, 1.82) is 0 Å². The zero-order valence-corrected chi connectivity index (χ0v) is 15.6. The molecule has 0 aliphatic heterocycles. The van der Waals surface area contributed by atoms with E-state index in [0.29, 0.717) is 5.16 Å². The van der Waals surface area contributed by atoms with Gasteiger partial charge in [-0.2, -0.15) is 0 Å². The first-order valence-electron chi connectivity index (χ1n) is 6.22. The van der Waals surface area contributed by atoms with Crippen molar-refractivity contribution in [3.63, 3.8) is 0 Å². The molecule has 3 heteroatoms. The maximum atomic E-state index is 3.64. The van der Waals surface area contributed by atoms with E-state index in [1.807, 2.05) is 0 Å². The summed E-state index contributed by atoms with van der Waals surface area (Å²) in [4.78, 5) is 0. The number of hydrogen-bond acceptors (Lipinski definition) is 0. The van der Waals surface area contributed by atoms with E-state index in [4.69, 9.17) is 0 Å². The van der Waals surface area contributed by atoms with Gasteiger partial charge in [0, 0.05) is 0 Å². The van der Waals surface area contributed by atoms with Crippen LogP contribution in [0.25, 0.3) is 0 Å². The van der Waals surface area contributed by atoms with Gasteiger partial charge >= 0.3 is 120 Å². The van der Waals surface area contributed by atoms with Crippen molar-refractivity contribution in [3.8, 4) is 0 Å². The summed E-state index contributed by atoms with van der Waals surface area (Å²) in [6.45, 7) is 9.49. The molecule has 0 radical (unpaired) electrons. The molecule has 0 aromatic heterocycles. The summed E-state index contributed by atoms with van der Waals surface area (Å²) in [6.07, 6.45) is 2.70. The molecule has 0 heterocycles. The molecule has 0 fully saturated rings. The van der Waals surface area contributed by atoms with Crippen LogP contribution in [0.3, 0.4) is 0 Å². The standard InChI is InChI=1S/C14H23PSe2/c1-5-6-12-17-15(16,14(2,3)4)13-10-8-7-9-11-13/h7-11H,5-6,12H2,1-4H3. The molecule has 0 aliphatic carbocycles. The van der Waals surface area contributed by atoms with E-state index in [2.05, 4.69) is 73.1 Å². The second-order valence-electron chi connectivity index (χ2n) is 5.24. The van der Waals surface area contributed by atoms with Crippen molar-refractivity contribution >= 4 is 39.1 Å². The Kier molecular flexibility index (Phi) is 6.24. The first-order chi connectivity index (χ1) is 7.92. The van der Waals surface area contributed by atoms with Crippen LogP contribution in [0.1, 0.15) is 40.5 Å². The average Bonchev–Trinajstić information content (AvgIpc) is 2.29. The van der Waals surface area contributed by atoms with Crippen LogP contribution < -0.4 is 5.30 Å². The van der Waals surface area contributed by atoms with Crippen LogP contribution in [0.4, 0.5) is 0 Å². The SMILES string of the molecule is CCCC[Se]P(=[Se])(c1ccccc1)C(C)(C)C. The Balaban J connectivity index is 3.00. The van der Waals surface area contributed by atoms with Crippen molar-refractivity contribution < 1.29 is 0 Å². The van der Waals surface area contributed by atoms with Gasteiger partial charge in [-0.3, -0.25) is 0 Å². The Bertz CT molecular complexity index is 379. The molecular weight excluding hydrogens is 357 g/mol. The first-order valence-corrected chi connectivity index (χ1v) is 13.7. The predicted molar refractivity (Wildman–Crippen MR) is 84.0 cm³/mol. The van der Waals surface area contributed by atoms with Gasteiger partial charge in [-0.25, -0.2) is 0 Å². The fourth-order valence-electron chi connectivity index (χ4n) is 1.62. The topological polar surface area (TPSA) is 0 Å². The molecule has 1 aromatic carbocycles. The number of unbranched alkanes of at least 4 members (excludes halogenated alkanes) is 1. The summed E-state index contributed by atoms with van der Waals surface area (Å²) in [6, 6.07) is 11.1. The summed E-state index contributed by atoms with van der Waals surface area (Å²) in [7, 11) is 0. The molecule has 0 bridgehead atoms. The van der Waals surface area contributed by atoms with E-state index >= 15 is 0 Å². The van der Waals surface area contributed by atoms with Crippen LogP contribution in [0.2, 0.25) is 5.32 Å². The zero-order chi connectivity index (χ0) is 12.9. The molecule has 1 unspecified atom stereocenters. The number of benzene rings is 1. The minimum absolute atomic E-state index is 0.391. The molecule has 0 aliphatic rings. The van der Waals surface area contributed by atoms with E-state index < -0.39 is 4.20 Å². The summed E-state index contributed by atoms with van der Waals surface area (Å²) in [5.74, 6) is 0. The molecule has 0 spiro atoms. The average molecular weight is 380 g/mol. The quantitative estimate of drug-likeness (QED) is 0.411. The van der Waals surface area contributed by atoms with Gasteiger partial charge in [-0.15, -0.1) is 0 Å². The third-order valence-corrected chi connectivity index (χ3v) is 23.1. The maximum absolute atomic E-state index is 3.64. The van der Waals surface area contributed by atoms with Crippen LogP contribution in [0, 0.1) is 0 Å². The van der Waals surface area contributed by atoms with E-state index in [0.717, 1.165) is 14.5 Å². The summed E-state index contributed by atoms with van der Waals surface area (Å²) in [5, 5.41) is 3.38. The zero-order valence-electron chi connectivity index (χ0n) is 11.3. The molecule has 0 amide bonds. The summed E-state index contributed by atoms with van der Waals surface area (Å²) < 4.78 is -1.10. The molecule has 0 N–H and O–H groups in total. The van der Waals surface area contributed by atoms with Gasteiger partial charge in [0.25, 0.3) is 0 Å². The molecule has 1 aromatic rings. The number of rotatable bonds is 5. The van der Waals surface area contributed by atoms with Gasteiger partial charge in [0.05, 0.1) is 0 Å². The fourth-order valence-corrected chi connectivity index (χ4v) is 14.3. The van der Waals surface area contributed by atoms with E-state index in [-0.39, 0.29) is 0 Å². The van der Waals surface area contributed by atoms with Crippen LogP contribution in [-0.2, 0) is 0 Å². The van der Waals surface area contributed by atoms with Crippen molar-refractivity contribution in [2.75, 3.05) is 0 Å². The molecule has 17 heavy (non-hydrogen) atoms. The molecule has 96 valence electrons. The van der Waals surface area contributed by atoms with Gasteiger partial charge in [0.15, 0.2) is 0 Å². The molecule has 0 saturated carbocycles. The van der Waals surface area contributed by atoms with Gasteiger partial charge < -0.3 is 0 Å². The minimum atomic E-state index is -1.10. The van der Waals surface area contributed by atoms with Crippen LogP contribution in [0.5, 0.6) is 0 Å². The van der Waals surface area contributed by atoms with E-state index in [1.165, 1.54) is 18.2 Å². The third-order valence-electron chi connectivity index (χ3n) is 2.75. The Hall–Kier alpha value is 0.689. The van der Waals surface area contributed by atoms with Crippen molar-refractivity contribution in [1.82, 2.24) is 0 Å². The monoisotopic (exact) mass is 382 g/mol. The van der Waals surface area contributed by atoms with Gasteiger partial charge in [-0.05, 0) is 0 Å². The van der Waals surface area contributed by atoms with Crippen LogP contribution >= 0.6 is 4.20 Å². The van der Waals surface area contributed by atoms with Crippen LogP contribution in [-0.4, -0.2) is 34.8 Å².